The van der Waals surface area contributed by atoms with Gasteiger partial charge in [-0.15, -0.1) is 0 Å². The van der Waals surface area contributed by atoms with Gasteiger partial charge in [0.1, 0.15) is 34.4 Å². The van der Waals surface area contributed by atoms with Crippen LogP contribution in [-0.2, 0) is 98.5 Å². The topological polar surface area (TPSA) is 336 Å². The first-order valence-electron chi connectivity index (χ1n) is 41.0. The Balaban J connectivity index is 0.000000153. The third-order valence-electron chi connectivity index (χ3n) is 24.2. The van der Waals surface area contributed by atoms with Crippen LogP contribution < -0.4 is 10.1 Å². The largest absolute Gasteiger partial charge is 0.497 e. The number of piperidine rings is 5. The van der Waals surface area contributed by atoms with Gasteiger partial charge in [0.2, 0.25) is 40.1 Å². The second-order valence-electron chi connectivity index (χ2n) is 32.3. The van der Waals surface area contributed by atoms with Crippen LogP contribution in [0, 0.1) is 32.6 Å². The molecular weight excluding hydrogens is 1690 g/mol. The molecule has 5 spiro atoms. The van der Waals surface area contributed by atoms with Crippen LogP contribution in [0.5, 0.6) is 5.75 Å². The van der Waals surface area contributed by atoms with E-state index in [9.17, 15) is 33.7 Å². The molecule has 10 saturated heterocycles. The van der Waals surface area contributed by atoms with Gasteiger partial charge in [-0.1, -0.05) is 71.3 Å². The van der Waals surface area contributed by atoms with Gasteiger partial charge >= 0.3 is 34.7 Å². The van der Waals surface area contributed by atoms with E-state index < -0.39 is 97.7 Å². The third kappa shape index (κ3) is 24.5. The quantitative estimate of drug-likeness (QED) is 0.0917. The average molecular weight is 1810 g/mol. The Kier molecular flexibility index (Phi) is 35.3. The van der Waals surface area contributed by atoms with Crippen molar-refractivity contribution in [2.45, 2.75) is 184 Å². The summed E-state index contributed by atoms with van der Waals surface area (Å²) < 4.78 is 198. The molecule has 0 atom stereocenters. The SMILES string of the molecule is COc1ccc(SN2CCOC23CCN(C(C)C)CC3)cc1.Cc1ccc(S(=O)(=O)N2CCOC23CCN(C)CC3)cc1.Cc1ccc(S(=O)(=O)N2CCOC23CCN(CC2CC2)CC3)cc1.Cc1ccc(S(=O)(=O)N2CCOC23CCNCC3)cc1.O=S(=O)(c1ccccc1)N1CCOC12CCN(CC1CC1)CC2.O=S=O.O=S=O.O=S=O. The first-order chi connectivity index (χ1) is 56.9. The van der Waals surface area contributed by atoms with Gasteiger partial charge in [-0.25, -0.2) is 38.0 Å². The number of nitrogens with one attached hydrogen (secondary N) is 1. The van der Waals surface area contributed by atoms with Gasteiger partial charge in [0, 0.05) is 173 Å². The summed E-state index contributed by atoms with van der Waals surface area (Å²) in [6.45, 7) is 27.6. The molecule has 10 heterocycles. The fraction of sp³-hybridized carbons (Fsp3) is 0.630. The van der Waals surface area contributed by atoms with Gasteiger partial charge < -0.3 is 53.3 Å². The summed E-state index contributed by atoms with van der Waals surface area (Å²) in [5.74, 6) is 2.65. The predicted molar refractivity (Wildman–Crippen MR) is 453 cm³/mol. The molecule has 12 aliphatic rings. The Bertz CT molecular complexity index is 4600. The van der Waals surface area contributed by atoms with Crippen LogP contribution in [0.25, 0.3) is 0 Å². The molecule has 5 aromatic carbocycles. The number of methoxy groups -OCH3 is 1. The maximum atomic E-state index is 13.1. The zero-order valence-electron chi connectivity index (χ0n) is 69.3. The van der Waals surface area contributed by atoms with Crippen molar-refractivity contribution < 1.29 is 87.3 Å². The van der Waals surface area contributed by atoms with Crippen molar-refractivity contribution in [1.82, 2.24) is 46.4 Å². The maximum absolute atomic E-state index is 13.1. The van der Waals surface area contributed by atoms with E-state index in [4.69, 9.17) is 53.7 Å². The van der Waals surface area contributed by atoms with Gasteiger partial charge in [0.05, 0.1) is 59.7 Å². The summed E-state index contributed by atoms with van der Waals surface area (Å²) in [6, 6.07) is 38.8. The van der Waals surface area contributed by atoms with Gasteiger partial charge in [0.15, 0.2) is 0 Å². The highest BCUT2D eigenvalue weighted by Crippen LogP contribution is 2.46. The molecule has 1 N–H and O–H groups in total. The van der Waals surface area contributed by atoms with E-state index >= 15 is 0 Å². The Morgan fingerprint density at radius 1 is 0.395 bits per heavy atom. The Morgan fingerprint density at radius 2 is 0.697 bits per heavy atom. The fourth-order valence-electron chi connectivity index (χ4n) is 17.1. The molecule has 12 fully saturated rings. The molecule has 0 bridgehead atoms. The van der Waals surface area contributed by atoms with E-state index in [1.165, 1.54) is 43.7 Å². The zero-order valence-corrected chi connectivity index (χ0v) is 75.8. The van der Waals surface area contributed by atoms with E-state index in [2.05, 4.69) is 62.2 Å². The average Bonchev–Trinajstić information content (AvgIpc) is 1.69. The number of nitrogens with zero attached hydrogens (tertiary/aromatic N) is 9. The molecule has 2 aliphatic carbocycles. The molecule has 17 rings (SSSR count). The van der Waals surface area contributed by atoms with Crippen molar-refractivity contribution in [2.75, 3.05) is 158 Å². The number of sulfonamides is 4. The number of benzene rings is 5. The number of ether oxygens (including phenoxy) is 6. The lowest BCUT2D eigenvalue weighted by atomic mass is 10.00. The molecule has 660 valence electrons. The van der Waals surface area contributed by atoms with Crippen molar-refractivity contribution in [3.05, 3.63) is 144 Å². The molecule has 2 saturated carbocycles. The lowest BCUT2D eigenvalue weighted by Crippen LogP contribution is -2.55. The highest BCUT2D eigenvalue weighted by Gasteiger charge is 2.55. The van der Waals surface area contributed by atoms with E-state index in [1.54, 1.807) is 85.0 Å². The molecule has 30 nitrogen and oxygen atoms in total. The third-order valence-corrected chi connectivity index (χ3v) is 33.3. The van der Waals surface area contributed by atoms with Crippen LogP contribution in [0.4, 0.5) is 0 Å². The summed E-state index contributed by atoms with van der Waals surface area (Å²) in [6.07, 6.45) is 13.5. The van der Waals surface area contributed by atoms with Crippen LogP contribution in [0.2, 0.25) is 0 Å². The van der Waals surface area contributed by atoms with Crippen LogP contribution in [0.1, 0.15) is 120 Å². The zero-order chi connectivity index (χ0) is 85.7. The van der Waals surface area contributed by atoms with Crippen molar-refractivity contribution in [2.24, 2.45) is 11.8 Å². The summed E-state index contributed by atoms with van der Waals surface area (Å²) in [4.78, 5) is 12.4. The highest BCUT2D eigenvalue weighted by molar-refractivity contribution is 7.97. The minimum Gasteiger partial charge on any atom is -0.497 e. The van der Waals surface area contributed by atoms with E-state index in [0.717, 1.165) is 164 Å². The number of rotatable bonds is 16. The van der Waals surface area contributed by atoms with E-state index in [1.807, 2.05) is 87.3 Å². The Labute approximate surface area is 719 Å². The van der Waals surface area contributed by atoms with Gasteiger partial charge in [-0.2, -0.15) is 42.5 Å². The summed E-state index contributed by atoms with van der Waals surface area (Å²) in [5.41, 5.74) is 0.549. The first kappa shape index (κ1) is 96.1. The lowest BCUT2D eigenvalue weighted by molar-refractivity contribution is -0.0915. The second-order valence-corrected chi connectivity index (χ2v) is 41.2. The number of hydrogen-bond acceptors (Lipinski definition) is 27. The lowest BCUT2D eigenvalue weighted by Gasteiger charge is -2.44. The molecule has 5 aromatic rings. The monoisotopic (exact) mass is 1810 g/mol. The fourth-order valence-corrected chi connectivity index (χ4v) is 25.1. The standard InChI is InChI=1S/C18H26N2O3S.C17H24N2O3S.C17H26N2O2S.C15H22N2O3S.C14H20N2O3S.3O2S/c1-15-2-6-17(7-3-15)24(21,22)20-12-13-23-18(20)8-10-19(11-9-18)14-16-4-5-16;20-23(21,16-4-2-1-3-5-16)19-12-13-22-17(19)8-10-18(11-9-17)14-15-6-7-15;1-14(2)18-10-8-17(9-11-18)19(12-13-21-17)22-16-6-4-15(20-3)5-7-16;1-13-3-5-14(6-4-13)21(18,19)17-11-12-20-15(17)7-9-16(2)10-8-15;1-12-2-4-13(5-3-12)20(17,18)16-10-11-19-14(16)6-8-15-9-7-14;3*1-3-2/h2-3,6-7,16H,4-5,8-14H2,1H3;1-5,15H,6-14H2;4-7,14H,8-13H2,1-3H3;3-6H,7-12H2,1-2H3;2-5,15H,6-11H2,1H3;;;. The van der Waals surface area contributed by atoms with Gasteiger partial charge in [0.25, 0.3) is 0 Å². The predicted octanol–water partition coefficient (Wildman–Crippen LogP) is 7.89. The molecule has 0 aromatic heterocycles. The van der Waals surface area contributed by atoms with Crippen LogP contribution in [0.15, 0.2) is 152 Å². The van der Waals surface area contributed by atoms with Crippen LogP contribution >= 0.6 is 11.9 Å². The molecule has 10 aliphatic heterocycles. The summed E-state index contributed by atoms with van der Waals surface area (Å²) in [7, 11) is -10.2. The minimum atomic E-state index is -3.50. The minimum absolute atomic E-state index is 0.0734. The van der Waals surface area contributed by atoms with Crippen molar-refractivity contribution in [3.8, 4) is 5.75 Å². The number of hydrogen-bond donors (Lipinski definition) is 1. The first-order valence-corrected chi connectivity index (χ1v) is 49.5. The summed E-state index contributed by atoms with van der Waals surface area (Å²) >= 11 is -0.430. The van der Waals surface area contributed by atoms with Gasteiger partial charge in [-0.05, 0) is 177 Å². The van der Waals surface area contributed by atoms with Crippen molar-refractivity contribution >= 4 is 86.8 Å². The molecule has 0 unspecified atom stereocenters. The molecular formula is C81H118N10O20S8. The van der Waals surface area contributed by atoms with Gasteiger partial charge in [-0.3, -0.25) is 0 Å². The van der Waals surface area contributed by atoms with Crippen LogP contribution in [0.3, 0.4) is 0 Å². The molecule has 119 heavy (non-hydrogen) atoms. The van der Waals surface area contributed by atoms with Crippen molar-refractivity contribution in [3.63, 3.8) is 0 Å². The smallest absolute Gasteiger partial charge is 0.335 e. The Hall–Kier alpha value is -5.09. The second kappa shape index (κ2) is 43.7. The summed E-state index contributed by atoms with van der Waals surface area (Å²) in [5, 5.41) is 3.25. The van der Waals surface area contributed by atoms with E-state index in [0.29, 0.717) is 91.1 Å². The number of likely N-dealkylation sites (tertiary alicyclic amines) is 4. The van der Waals surface area contributed by atoms with Crippen LogP contribution in [-0.4, -0.2) is 293 Å². The normalized spacial score (nSPS) is 22.7. The van der Waals surface area contributed by atoms with Crippen molar-refractivity contribution in [1.29, 1.82) is 0 Å². The maximum Gasteiger partial charge on any atom is 0.335 e. The van der Waals surface area contributed by atoms with E-state index in [-0.39, 0.29) is 5.72 Å². The highest BCUT2D eigenvalue weighted by atomic mass is 32.2. The Morgan fingerprint density at radius 3 is 1.03 bits per heavy atom. The molecule has 38 heteroatoms. The molecule has 0 amide bonds. The number of aryl methyl sites for hydroxylation is 3. The molecule has 0 radical (unpaired) electrons.